The van der Waals surface area contributed by atoms with E-state index in [0.717, 1.165) is 37.8 Å². The lowest BCUT2D eigenvalue weighted by Gasteiger charge is -2.00. The van der Waals surface area contributed by atoms with Crippen molar-refractivity contribution in [2.45, 2.75) is 45.4 Å². The van der Waals surface area contributed by atoms with Crippen LogP contribution >= 0.6 is 0 Å². The quantitative estimate of drug-likeness (QED) is 0.604. The number of aromatic nitrogens is 2. The number of hydrogen-bond acceptors (Lipinski definition) is 3. The van der Waals surface area contributed by atoms with E-state index in [9.17, 15) is 4.79 Å². The lowest BCUT2D eigenvalue weighted by atomic mass is 10.2. The Morgan fingerprint density at radius 1 is 1.47 bits per heavy atom. The molecule has 0 aliphatic carbocycles. The van der Waals surface area contributed by atoms with E-state index < -0.39 is 0 Å². The molecule has 1 amide bonds. The standard InChI is InChI=1S/C12H22N4O/c1-2-6-10-9-11(16-15-10)14-12(17)7-4-3-5-8-13/h9H,2-8,13H2,1H3,(H2,14,15,16,17). The Labute approximate surface area is 102 Å². The van der Waals surface area contributed by atoms with Crippen molar-refractivity contribution in [3.63, 3.8) is 0 Å². The second-order valence-corrected chi connectivity index (χ2v) is 4.18. The zero-order valence-electron chi connectivity index (χ0n) is 10.5. The highest BCUT2D eigenvalue weighted by molar-refractivity contribution is 5.89. The number of nitrogens with one attached hydrogen (secondary N) is 2. The maximum atomic E-state index is 11.5. The van der Waals surface area contributed by atoms with Crippen molar-refractivity contribution in [2.24, 2.45) is 5.73 Å². The highest BCUT2D eigenvalue weighted by atomic mass is 16.1. The molecule has 5 heteroatoms. The second-order valence-electron chi connectivity index (χ2n) is 4.18. The van der Waals surface area contributed by atoms with E-state index in [2.05, 4.69) is 22.4 Å². The van der Waals surface area contributed by atoms with Gasteiger partial charge in [0.1, 0.15) is 0 Å². The van der Waals surface area contributed by atoms with Gasteiger partial charge < -0.3 is 11.1 Å². The predicted molar refractivity (Wildman–Crippen MR) is 68.7 cm³/mol. The van der Waals surface area contributed by atoms with Crippen molar-refractivity contribution >= 4 is 11.7 Å². The van der Waals surface area contributed by atoms with E-state index >= 15 is 0 Å². The molecule has 0 atom stereocenters. The molecule has 5 nitrogen and oxygen atoms in total. The fourth-order valence-corrected chi connectivity index (χ4v) is 1.64. The Kier molecular flexibility index (Phi) is 6.32. The highest BCUT2D eigenvalue weighted by Crippen LogP contribution is 2.08. The molecular formula is C12H22N4O. The Bertz CT molecular complexity index is 335. The number of H-pyrrole nitrogens is 1. The first kappa shape index (κ1) is 13.7. The normalized spacial score (nSPS) is 10.5. The molecule has 1 aromatic rings. The summed E-state index contributed by atoms with van der Waals surface area (Å²) < 4.78 is 0. The molecule has 0 saturated heterocycles. The summed E-state index contributed by atoms with van der Waals surface area (Å²) in [6, 6.07) is 1.89. The Balaban J connectivity index is 2.24. The van der Waals surface area contributed by atoms with Crippen LogP contribution in [-0.4, -0.2) is 22.6 Å². The minimum absolute atomic E-state index is 0.0246. The molecule has 0 aliphatic rings. The zero-order valence-corrected chi connectivity index (χ0v) is 10.5. The fraction of sp³-hybridized carbons (Fsp3) is 0.667. The number of amides is 1. The zero-order chi connectivity index (χ0) is 12.5. The molecule has 0 saturated carbocycles. The van der Waals surface area contributed by atoms with Gasteiger partial charge in [-0.1, -0.05) is 19.8 Å². The summed E-state index contributed by atoms with van der Waals surface area (Å²) in [5.41, 5.74) is 6.45. The molecule has 0 bridgehead atoms. The van der Waals surface area contributed by atoms with Gasteiger partial charge in [-0.2, -0.15) is 5.10 Å². The van der Waals surface area contributed by atoms with Gasteiger partial charge in [0.05, 0.1) is 0 Å². The van der Waals surface area contributed by atoms with Crippen molar-refractivity contribution in [2.75, 3.05) is 11.9 Å². The van der Waals surface area contributed by atoms with E-state index in [-0.39, 0.29) is 5.91 Å². The molecule has 1 aromatic heterocycles. The molecule has 0 aliphatic heterocycles. The van der Waals surface area contributed by atoms with Gasteiger partial charge in [0.15, 0.2) is 5.82 Å². The molecule has 1 rings (SSSR count). The number of anilines is 1. The van der Waals surface area contributed by atoms with Crippen molar-refractivity contribution in [3.8, 4) is 0 Å². The largest absolute Gasteiger partial charge is 0.330 e. The van der Waals surface area contributed by atoms with Crippen LogP contribution < -0.4 is 11.1 Å². The summed E-state index contributed by atoms with van der Waals surface area (Å²) in [6.45, 7) is 2.80. The molecule has 0 unspecified atom stereocenters. The Hall–Kier alpha value is -1.36. The number of carbonyl (C=O) groups excluding carboxylic acids is 1. The van der Waals surface area contributed by atoms with Crippen molar-refractivity contribution < 1.29 is 4.79 Å². The fourth-order valence-electron chi connectivity index (χ4n) is 1.64. The lowest BCUT2D eigenvalue weighted by Crippen LogP contribution is -2.11. The van der Waals surface area contributed by atoms with Gasteiger partial charge in [-0.05, 0) is 25.8 Å². The van der Waals surface area contributed by atoms with Crippen LogP contribution in [0.5, 0.6) is 0 Å². The van der Waals surface area contributed by atoms with Crippen molar-refractivity contribution in [3.05, 3.63) is 11.8 Å². The SMILES string of the molecule is CCCc1cc(NC(=O)CCCCCN)n[nH]1. The summed E-state index contributed by atoms with van der Waals surface area (Å²) >= 11 is 0. The van der Waals surface area contributed by atoms with Crippen molar-refractivity contribution in [1.82, 2.24) is 10.2 Å². The summed E-state index contributed by atoms with van der Waals surface area (Å²) in [4.78, 5) is 11.5. The number of aromatic amines is 1. The third-order valence-electron chi connectivity index (χ3n) is 2.53. The molecular weight excluding hydrogens is 216 g/mol. The molecule has 0 aromatic carbocycles. The average Bonchev–Trinajstić information content (AvgIpc) is 2.73. The summed E-state index contributed by atoms with van der Waals surface area (Å²) in [5.74, 6) is 0.647. The summed E-state index contributed by atoms with van der Waals surface area (Å²) in [5, 5.41) is 9.73. The monoisotopic (exact) mass is 238 g/mol. The molecule has 17 heavy (non-hydrogen) atoms. The maximum absolute atomic E-state index is 11.5. The van der Waals surface area contributed by atoms with Crippen LogP contribution in [0.15, 0.2) is 6.07 Å². The molecule has 96 valence electrons. The molecule has 0 spiro atoms. The van der Waals surface area contributed by atoms with Gasteiger partial charge in [-0.25, -0.2) is 0 Å². The number of carbonyl (C=O) groups is 1. The topological polar surface area (TPSA) is 83.8 Å². The first-order chi connectivity index (χ1) is 8.26. The van der Waals surface area contributed by atoms with Gasteiger partial charge in [0.2, 0.25) is 5.91 Å². The van der Waals surface area contributed by atoms with Gasteiger partial charge in [-0.3, -0.25) is 9.89 Å². The van der Waals surface area contributed by atoms with E-state index in [0.29, 0.717) is 18.8 Å². The number of rotatable bonds is 8. The lowest BCUT2D eigenvalue weighted by molar-refractivity contribution is -0.116. The van der Waals surface area contributed by atoms with Crippen LogP contribution in [0.3, 0.4) is 0 Å². The Morgan fingerprint density at radius 3 is 3.00 bits per heavy atom. The van der Waals surface area contributed by atoms with Crippen LogP contribution in [0.4, 0.5) is 5.82 Å². The Morgan fingerprint density at radius 2 is 2.29 bits per heavy atom. The minimum Gasteiger partial charge on any atom is -0.330 e. The van der Waals surface area contributed by atoms with E-state index in [1.165, 1.54) is 0 Å². The third kappa shape index (κ3) is 5.49. The van der Waals surface area contributed by atoms with Crippen LogP contribution in [0, 0.1) is 0 Å². The van der Waals surface area contributed by atoms with Gasteiger partial charge >= 0.3 is 0 Å². The first-order valence-corrected chi connectivity index (χ1v) is 6.30. The summed E-state index contributed by atoms with van der Waals surface area (Å²) in [6.07, 6.45) is 5.43. The number of unbranched alkanes of at least 4 members (excludes halogenated alkanes) is 2. The van der Waals surface area contributed by atoms with Crippen LogP contribution in [0.25, 0.3) is 0 Å². The van der Waals surface area contributed by atoms with Crippen LogP contribution in [0.2, 0.25) is 0 Å². The molecule has 0 radical (unpaired) electrons. The van der Waals surface area contributed by atoms with E-state index in [4.69, 9.17) is 5.73 Å². The van der Waals surface area contributed by atoms with Crippen LogP contribution in [-0.2, 0) is 11.2 Å². The highest BCUT2D eigenvalue weighted by Gasteiger charge is 2.05. The first-order valence-electron chi connectivity index (χ1n) is 6.30. The molecule has 0 fully saturated rings. The molecule has 4 N–H and O–H groups in total. The van der Waals surface area contributed by atoms with Crippen LogP contribution in [0.1, 0.15) is 44.7 Å². The average molecular weight is 238 g/mol. The number of nitrogens with zero attached hydrogens (tertiary/aromatic N) is 1. The van der Waals surface area contributed by atoms with E-state index in [1.54, 1.807) is 0 Å². The smallest absolute Gasteiger partial charge is 0.225 e. The van der Waals surface area contributed by atoms with Crippen molar-refractivity contribution in [1.29, 1.82) is 0 Å². The van der Waals surface area contributed by atoms with Gasteiger partial charge in [0, 0.05) is 18.2 Å². The second kappa shape index (κ2) is 7.84. The van der Waals surface area contributed by atoms with E-state index in [1.807, 2.05) is 6.07 Å². The minimum atomic E-state index is 0.0246. The third-order valence-corrected chi connectivity index (χ3v) is 2.53. The summed E-state index contributed by atoms with van der Waals surface area (Å²) in [7, 11) is 0. The van der Waals surface area contributed by atoms with Gasteiger partial charge in [-0.15, -0.1) is 0 Å². The number of nitrogens with two attached hydrogens (primary N) is 1. The number of aryl methyl sites for hydroxylation is 1. The molecule has 1 heterocycles. The number of hydrogen-bond donors (Lipinski definition) is 3. The van der Waals surface area contributed by atoms with Gasteiger partial charge in [0.25, 0.3) is 0 Å². The maximum Gasteiger partial charge on any atom is 0.225 e. The predicted octanol–water partition coefficient (Wildman–Crippen LogP) is 1.82.